The molecule has 8 heteroatoms. The highest BCUT2D eigenvalue weighted by Gasteiger charge is 2.22. The minimum absolute atomic E-state index is 0.0795. The van der Waals surface area contributed by atoms with Crippen LogP contribution in [0.3, 0.4) is 0 Å². The summed E-state index contributed by atoms with van der Waals surface area (Å²) in [5.74, 6) is -1.11. The summed E-state index contributed by atoms with van der Waals surface area (Å²) in [6.07, 6.45) is -0.457. The van der Waals surface area contributed by atoms with Gasteiger partial charge in [0.1, 0.15) is 11.5 Å². The molecular weight excluding hydrogens is 369 g/mol. The fourth-order valence-corrected chi connectivity index (χ4v) is 2.77. The maximum absolute atomic E-state index is 13.8. The summed E-state index contributed by atoms with van der Waals surface area (Å²) in [4.78, 5) is 23.7. The molecule has 0 aliphatic heterocycles. The summed E-state index contributed by atoms with van der Waals surface area (Å²) >= 11 is 0. The van der Waals surface area contributed by atoms with Gasteiger partial charge in [-0.3, -0.25) is 9.59 Å². The number of aliphatic carboxylic acids is 1. The quantitative estimate of drug-likeness (QED) is 0.683. The molecule has 0 aliphatic rings. The van der Waals surface area contributed by atoms with Gasteiger partial charge in [-0.2, -0.15) is 0 Å². The van der Waals surface area contributed by atoms with E-state index in [0.29, 0.717) is 22.6 Å². The number of carbonyl (C=O) groups excluding carboxylic acids is 1. The van der Waals surface area contributed by atoms with Crippen molar-refractivity contribution in [2.75, 3.05) is 21.3 Å². The zero-order chi connectivity index (χ0) is 20.7. The Kier molecular flexibility index (Phi) is 7.20. The standard InChI is InChI=1S/C20H22FNO6/c1-26-13-5-6-14(18(10-13)28-3)16(11-20(24)25)22-19(23)9-12-4-7-17(27-2)15(21)8-12/h4-8,10,16H,9,11H2,1-3H3,(H,22,23)(H,24,25). The Balaban J connectivity index is 2.21. The Labute approximate surface area is 162 Å². The van der Waals surface area contributed by atoms with Gasteiger partial charge in [0, 0.05) is 11.6 Å². The highest BCUT2D eigenvalue weighted by atomic mass is 19.1. The van der Waals surface area contributed by atoms with Gasteiger partial charge in [0.15, 0.2) is 11.6 Å². The molecule has 0 bridgehead atoms. The fraction of sp³-hybridized carbons (Fsp3) is 0.300. The van der Waals surface area contributed by atoms with Crippen LogP contribution in [0, 0.1) is 5.82 Å². The van der Waals surface area contributed by atoms with Crippen molar-refractivity contribution in [3.8, 4) is 17.2 Å². The van der Waals surface area contributed by atoms with E-state index in [1.165, 1.54) is 33.5 Å². The van der Waals surface area contributed by atoms with Crippen LogP contribution >= 0.6 is 0 Å². The van der Waals surface area contributed by atoms with Gasteiger partial charge >= 0.3 is 5.97 Å². The van der Waals surface area contributed by atoms with E-state index in [1.807, 2.05) is 0 Å². The van der Waals surface area contributed by atoms with E-state index >= 15 is 0 Å². The van der Waals surface area contributed by atoms with Crippen molar-refractivity contribution < 1.29 is 33.3 Å². The number of benzene rings is 2. The molecule has 0 heterocycles. The Morgan fingerprint density at radius 3 is 2.32 bits per heavy atom. The summed E-state index contributed by atoms with van der Waals surface area (Å²) in [6.45, 7) is 0. The van der Waals surface area contributed by atoms with Gasteiger partial charge in [-0.1, -0.05) is 6.07 Å². The van der Waals surface area contributed by atoms with Gasteiger partial charge in [0.05, 0.1) is 40.2 Å². The Hall–Kier alpha value is -3.29. The number of methoxy groups -OCH3 is 3. The average molecular weight is 391 g/mol. The lowest BCUT2D eigenvalue weighted by Gasteiger charge is -2.20. The van der Waals surface area contributed by atoms with E-state index < -0.39 is 23.7 Å². The highest BCUT2D eigenvalue weighted by Crippen LogP contribution is 2.31. The number of rotatable bonds is 9. The van der Waals surface area contributed by atoms with E-state index in [4.69, 9.17) is 14.2 Å². The Morgan fingerprint density at radius 2 is 1.75 bits per heavy atom. The molecule has 1 amide bonds. The van der Waals surface area contributed by atoms with Gasteiger partial charge in [-0.25, -0.2) is 4.39 Å². The SMILES string of the molecule is COc1ccc(C(CC(=O)O)NC(=O)Cc2ccc(OC)c(F)c2)c(OC)c1. The molecule has 7 nitrogen and oxygen atoms in total. The third-order valence-corrected chi connectivity index (χ3v) is 4.11. The number of amides is 1. The third kappa shape index (κ3) is 5.35. The first-order valence-corrected chi connectivity index (χ1v) is 8.43. The number of nitrogens with one attached hydrogen (secondary N) is 1. The highest BCUT2D eigenvalue weighted by molar-refractivity contribution is 5.80. The smallest absolute Gasteiger partial charge is 0.305 e. The summed E-state index contributed by atoms with van der Waals surface area (Å²) in [5.41, 5.74) is 0.937. The molecule has 0 radical (unpaired) electrons. The van der Waals surface area contributed by atoms with Gasteiger partial charge in [-0.15, -0.1) is 0 Å². The van der Waals surface area contributed by atoms with Crippen molar-refractivity contribution in [2.24, 2.45) is 0 Å². The Morgan fingerprint density at radius 1 is 1.04 bits per heavy atom. The van der Waals surface area contributed by atoms with Crippen LogP contribution in [0.2, 0.25) is 0 Å². The van der Waals surface area contributed by atoms with E-state index in [1.54, 1.807) is 24.3 Å². The summed E-state index contributed by atoms with van der Waals surface area (Å²) in [5, 5.41) is 11.9. The van der Waals surface area contributed by atoms with Crippen molar-refractivity contribution in [1.29, 1.82) is 0 Å². The second kappa shape index (κ2) is 9.59. The molecule has 28 heavy (non-hydrogen) atoms. The lowest BCUT2D eigenvalue weighted by Crippen LogP contribution is -2.31. The molecule has 0 aromatic heterocycles. The van der Waals surface area contributed by atoms with Crippen molar-refractivity contribution in [3.05, 3.63) is 53.3 Å². The van der Waals surface area contributed by atoms with E-state index in [0.717, 1.165) is 0 Å². The molecular formula is C20H22FNO6. The molecule has 2 rings (SSSR count). The molecule has 150 valence electrons. The molecule has 0 aliphatic carbocycles. The number of hydrogen-bond donors (Lipinski definition) is 2. The number of carboxylic acid groups (broad SMARTS) is 1. The summed E-state index contributed by atoms with van der Waals surface area (Å²) in [6, 6.07) is 8.28. The van der Waals surface area contributed by atoms with E-state index in [2.05, 4.69) is 5.32 Å². The number of carboxylic acids is 1. The maximum Gasteiger partial charge on any atom is 0.305 e. The molecule has 0 fully saturated rings. The van der Waals surface area contributed by atoms with E-state index in [9.17, 15) is 19.1 Å². The number of halogens is 1. The first kappa shape index (κ1) is 21.0. The first-order valence-electron chi connectivity index (χ1n) is 8.43. The molecule has 1 atom stereocenters. The topological polar surface area (TPSA) is 94.1 Å². The lowest BCUT2D eigenvalue weighted by atomic mass is 10.0. The summed E-state index contributed by atoms with van der Waals surface area (Å²) < 4.78 is 29.1. The second-order valence-electron chi connectivity index (χ2n) is 5.97. The predicted octanol–water partition coefficient (Wildman–Crippen LogP) is 2.73. The first-order chi connectivity index (χ1) is 13.4. The zero-order valence-electron chi connectivity index (χ0n) is 15.8. The van der Waals surface area contributed by atoms with Crippen molar-refractivity contribution in [3.63, 3.8) is 0 Å². The van der Waals surface area contributed by atoms with Gasteiger partial charge < -0.3 is 24.6 Å². The van der Waals surface area contributed by atoms with Gasteiger partial charge in [0.25, 0.3) is 0 Å². The van der Waals surface area contributed by atoms with Crippen LogP contribution in [0.4, 0.5) is 4.39 Å². The molecule has 0 saturated carbocycles. The monoisotopic (exact) mass is 391 g/mol. The van der Waals surface area contributed by atoms with Crippen LogP contribution in [0.25, 0.3) is 0 Å². The molecule has 0 saturated heterocycles. The molecule has 1 unspecified atom stereocenters. The fourth-order valence-electron chi connectivity index (χ4n) is 2.77. The van der Waals surface area contributed by atoms with E-state index in [-0.39, 0.29) is 18.6 Å². The predicted molar refractivity (Wildman–Crippen MR) is 99.3 cm³/mol. The van der Waals surface area contributed by atoms with Crippen molar-refractivity contribution >= 4 is 11.9 Å². The second-order valence-corrected chi connectivity index (χ2v) is 5.97. The maximum atomic E-state index is 13.8. The lowest BCUT2D eigenvalue weighted by molar-refractivity contribution is -0.137. The van der Waals surface area contributed by atoms with Crippen LogP contribution < -0.4 is 19.5 Å². The minimum atomic E-state index is -1.08. The third-order valence-electron chi connectivity index (χ3n) is 4.11. The van der Waals surface area contributed by atoms with Gasteiger partial charge in [-0.05, 0) is 29.8 Å². The van der Waals surface area contributed by atoms with Crippen molar-refractivity contribution in [1.82, 2.24) is 5.32 Å². The number of carbonyl (C=O) groups is 2. The Bertz CT molecular complexity index is 855. The van der Waals surface area contributed by atoms with Crippen LogP contribution in [0.1, 0.15) is 23.6 Å². The normalized spacial score (nSPS) is 11.4. The largest absolute Gasteiger partial charge is 0.497 e. The zero-order valence-corrected chi connectivity index (χ0v) is 15.8. The number of hydrogen-bond acceptors (Lipinski definition) is 5. The van der Waals surface area contributed by atoms with Gasteiger partial charge in [0.2, 0.25) is 5.91 Å². The molecule has 2 N–H and O–H groups in total. The average Bonchev–Trinajstić information content (AvgIpc) is 2.66. The molecule has 2 aromatic carbocycles. The minimum Gasteiger partial charge on any atom is -0.497 e. The van der Waals surface area contributed by atoms with Crippen LogP contribution in [-0.2, 0) is 16.0 Å². The molecule has 2 aromatic rings. The van der Waals surface area contributed by atoms with Crippen LogP contribution in [0.5, 0.6) is 17.2 Å². The van der Waals surface area contributed by atoms with Crippen LogP contribution in [-0.4, -0.2) is 38.3 Å². The summed E-state index contributed by atoms with van der Waals surface area (Å²) in [7, 11) is 4.29. The molecule has 0 spiro atoms. The van der Waals surface area contributed by atoms with Crippen LogP contribution in [0.15, 0.2) is 36.4 Å². The number of ether oxygens (including phenoxy) is 3. The van der Waals surface area contributed by atoms with Crippen molar-refractivity contribution in [2.45, 2.75) is 18.9 Å².